The predicted octanol–water partition coefficient (Wildman–Crippen LogP) is 9.08. The largest absolute Gasteiger partial charge is 0.299 e. The number of benzene rings is 2. The molecule has 3 aliphatic carbocycles. The summed E-state index contributed by atoms with van der Waals surface area (Å²) in [6, 6.07) is 14.9. The maximum atomic E-state index is 12.3. The number of Topliss-reactive ketones (excluding diaryl/α,β-unsaturated/α-hetero) is 4. The first-order chi connectivity index (χ1) is 18.9. The van der Waals surface area contributed by atoms with Crippen molar-refractivity contribution in [3.8, 4) is 0 Å². The highest BCUT2D eigenvalue weighted by Crippen LogP contribution is 2.38. The summed E-state index contributed by atoms with van der Waals surface area (Å²) in [5.41, 5.74) is 3.14. The van der Waals surface area contributed by atoms with E-state index in [0.717, 1.165) is 30.4 Å². The molecule has 4 nitrogen and oxygen atoms in total. The van der Waals surface area contributed by atoms with Crippen molar-refractivity contribution in [1.29, 1.82) is 0 Å². The summed E-state index contributed by atoms with van der Waals surface area (Å²) in [5.74, 6) is 1.10. The molecule has 0 amide bonds. The minimum atomic E-state index is -0.185. The fourth-order valence-corrected chi connectivity index (χ4v) is 5.95. The molecule has 0 aliphatic heterocycles. The minimum absolute atomic E-state index is 0.00111. The van der Waals surface area contributed by atoms with Crippen molar-refractivity contribution < 1.29 is 19.2 Å². The smallest absolute Gasteiger partial charge is 0.170 e. The van der Waals surface area contributed by atoms with Crippen molar-refractivity contribution in [3.05, 3.63) is 76.9 Å². The number of ketones is 4. The third kappa shape index (κ3) is 7.78. The van der Waals surface area contributed by atoms with E-state index in [1.165, 1.54) is 0 Å². The summed E-state index contributed by atoms with van der Waals surface area (Å²) in [4.78, 5) is 47.6. The molecule has 2 aromatic carbocycles. The molecular weight excluding hydrogens is 508 g/mol. The van der Waals surface area contributed by atoms with Crippen LogP contribution in [0.1, 0.15) is 125 Å². The van der Waals surface area contributed by atoms with Gasteiger partial charge in [0.25, 0.3) is 0 Å². The highest BCUT2D eigenvalue weighted by atomic mass is 16.1. The quantitative estimate of drug-likeness (QED) is 0.324. The molecule has 3 atom stereocenters. The van der Waals surface area contributed by atoms with Gasteiger partial charge in [-0.3, -0.25) is 19.2 Å². The van der Waals surface area contributed by atoms with Gasteiger partial charge < -0.3 is 0 Å². The van der Waals surface area contributed by atoms with Gasteiger partial charge in [-0.2, -0.15) is 0 Å². The van der Waals surface area contributed by atoms with Gasteiger partial charge in [0.1, 0.15) is 5.78 Å². The second kappa shape index (κ2) is 12.4. The van der Waals surface area contributed by atoms with E-state index in [1.807, 2.05) is 57.2 Å². The van der Waals surface area contributed by atoms with Crippen molar-refractivity contribution in [2.45, 2.75) is 88.0 Å². The van der Waals surface area contributed by atoms with Gasteiger partial charge in [-0.25, -0.2) is 0 Å². The number of fused-ring (bicyclic) bond motifs is 2. The zero-order valence-electron chi connectivity index (χ0n) is 26.5. The van der Waals surface area contributed by atoms with E-state index in [-0.39, 0.29) is 45.4 Å². The van der Waals surface area contributed by atoms with E-state index in [1.54, 1.807) is 18.2 Å². The fourth-order valence-electron chi connectivity index (χ4n) is 5.95. The Labute approximate surface area is 247 Å². The molecule has 0 aromatic heterocycles. The lowest BCUT2D eigenvalue weighted by atomic mass is 9.69. The Morgan fingerprint density at radius 1 is 0.610 bits per heavy atom. The molecule has 4 heteroatoms. The maximum Gasteiger partial charge on any atom is 0.170 e. The number of rotatable bonds is 0. The highest BCUT2D eigenvalue weighted by molar-refractivity contribution is 6.15. The van der Waals surface area contributed by atoms with Crippen LogP contribution in [0.2, 0.25) is 0 Å². The lowest BCUT2D eigenvalue weighted by Gasteiger charge is -2.32. The average Bonchev–Trinajstić information content (AvgIpc) is 3.33. The van der Waals surface area contributed by atoms with Gasteiger partial charge in [0, 0.05) is 47.3 Å². The summed E-state index contributed by atoms with van der Waals surface area (Å²) in [6.07, 6.45) is 7.49. The van der Waals surface area contributed by atoms with Gasteiger partial charge in [-0.05, 0) is 34.7 Å². The van der Waals surface area contributed by atoms with Gasteiger partial charge >= 0.3 is 0 Å². The summed E-state index contributed by atoms with van der Waals surface area (Å²) < 4.78 is 0. The first-order valence-electron chi connectivity index (χ1n) is 14.9. The van der Waals surface area contributed by atoms with E-state index in [4.69, 9.17) is 0 Å². The molecule has 41 heavy (non-hydrogen) atoms. The van der Waals surface area contributed by atoms with E-state index in [0.29, 0.717) is 29.2 Å². The molecule has 0 radical (unpaired) electrons. The van der Waals surface area contributed by atoms with Crippen LogP contribution in [-0.4, -0.2) is 23.1 Å². The van der Waals surface area contributed by atoms with E-state index >= 15 is 0 Å². The first kappa shape index (κ1) is 32.4. The van der Waals surface area contributed by atoms with Crippen LogP contribution in [0.4, 0.5) is 0 Å². The third-order valence-electron chi connectivity index (χ3n) is 8.50. The Morgan fingerprint density at radius 3 is 1.63 bits per heavy atom. The van der Waals surface area contributed by atoms with Gasteiger partial charge in [-0.15, -0.1) is 0 Å². The third-order valence-corrected chi connectivity index (χ3v) is 8.50. The molecule has 1 saturated carbocycles. The lowest BCUT2D eigenvalue weighted by Crippen LogP contribution is -2.35. The first-order valence-corrected chi connectivity index (χ1v) is 14.9. The van der Waals surface area contributed by atoms with Gasteiger partial charge in [-0.1, -0.05) is 123 Å². The van der Waals surface area contributed by atoms with Crippen LogP contribution in [0.15, 0.2) is 54.6 Å². The van der Waals surface area contributed by atoms with Crippen molar-refractivity contribution in [3.63, 3.8) is 0 Å². The molecule has 0 heterocycles. The maximum absolute atomic E-state index is 12.3. The number of carbonyl (C=O) groups is 4. The van der Waals surface area contributed by atoms with E-state index in [9.17, 15) is 19.2 Å². The van der Waals surface area contributed by atoms with Crippen LogP contribution in [0, 0.1) is 34.0 Å². The molecular formula is C37H48O4. The Morgan fingerprint density at radius 2 is 1.15 bits per heavy atom. The standard InChI is InChI=1S/C14H16O2.C14H16O.C9H16O/c1-14(2,3)11-8-12(15)9-6-4-5-7-10(9)13(11)16;1-14(2,3)12-9-8-10-6-4-5-7-11(10)13(12)15;1-9(2,3)7-5-4-6-8(7)10/h4-7,11H,8H2,1-3H3;4-9,12H,1-3H3;7H,4-6H2,1-3H3. The summed E-state index contributed by atoms with van der Waals surface area (Å²) >= 11 is 0. The van der Waals surface area contributed by atoms with Gasteiger partial charge in [0.15, 0.2) is 17.3 Å². The number of carbonyl (C=O) groups excluding carboxylic acids is 4. The van der Waals surface area contributed by atoms with E-state index < -0.39 is 0 Å². The second-order valence-corrected chi connectivity index (χ2v) is 14.9. The van der Waals surface area contributed by atoms with Crippen LogP contribution in [0.5, 0.6) is 0 Å². The Bertz CT molecular complexity index is 1320. The molecule has 0 spiro atoms. The molecule has 220 valence electrons. The summed E-state index contributed by atoms with van der Waals surface area (Å²) in [7, 11) is 0. The van der Waals surface area contributed by atoms with Crippen LogP contribution < -0.4 is 0 Å². The Hall–Kier alpha value is -3.14. The SMILES string of the molecule is CC(C)(C)C1C=Cc2ccccc2C1=O.CC(C)(C)C1CC(=O)c2ccccc2C1=O.CC(C)(C)C1CCCC1=O. The monoisotopic (exact) mass is 556 g/mol. The summed E-state index contributed by atoms with van der Waals surface area (Å²) in [6.45, 7) is 18.8. The molecule has 0 bridgehead atoms. The normalized spacial score (nSPS) is 22.2. The molecule has 3 unspecified atom stereocenters. The Kier molecular flexibility index (Phi) is 9.78. The predicted molar refractivity (Wildman–Crippen MR) is 167 cm³/mol. The lowest BCUT2D eigenvalue weighted by molar-refractivity contribution is -0.123. The Balaban J connectivity index is 0.000000174. The topological polar surface area (TPSA) is 68.3 Å². The second-order valence-electron chi connectivity index (χ2n) is 14.9. The molecule has 5 rings (SSSR count). The highest BCUT2D eigenvalue weighted by Gasteiger charge is 2.39. The van der Waals surface area contributed by atoms with E-state index in [2.05, 4.69) is 47.6 Å². The number of allylic oxidation sites excluding steroid dienone is 1. The molecule has 2 aromatic rings. The molecule has 0 saturated heterocycles. The molecule has 3 aliphatic rings. The summed E-state index contributed by atoms with van der Waals surface area (Å²) in [5, 5.41) is 0. The zero-order valence-corrected chi connectivity index (χ0v) is 26.5. The fraction of sp³-hybridized carbons (Fsp3) is 0.514. The van der Waals surface area contributed by atoms with Crippen LogP contribution in [-0.2, 0) is 4.79 Å². The van der Waals surface area contributed by atoms with Crippen molar-refractivity contribution >= 4 is 29.2 Å². The van der Waals surface area contributed by atoms with Crippen LogP contribution in [0.3, 0.4) is 0 Å². The minimum Gasteiger partial charge on any atom is -0.299 e. The van der Waals surface area contributed by atoms with Gasteiger partial charge in [0.05, 0.1) is 0 Å². The molecule has 1 fully saturated rings. The zero-order chi connectivity index (χ0) is 30.8. The number of hydrogen-bond acceptors (Lipinski definition) is 4. The van der Waals surface area contributed by atoms with Crippen molar-refractivity contribution in [1.82, 2.24) is 0 Å². The number of hydrogen-bond donors (Lipinski definition) is 0. The molecule has 0 N–H and O–H groups in total. The van der Waals surface area contributed by atoms with Crippen molar-refractivity contribution in [2.75, 3.05) is 0 Å². The van der Waals surface area contributed by atoms with Crippen molar-refractivity contribution in [2.24, 2.45) is 34.0 Å². The van der Waals surface area contributed by atoms with Gasteiger partial charge in [0.2, 0.25) is 0 Å². The van der Waals surface area contributed by atoms with Crippen LogP contribution in [0.25, 0.3) is 6.08 Å². The van der Waals surface area contributed by atoms with Crippen LogP contribution >= 0.6 is 0 Å². The average molecular weight is 557 g/mol.